The van der Waals surface area contributed by atoms with Crippen LogP contribution < -0.4 is 5.32 Å². The van der Waals surface area contributed by atoms with Gasteiger partial charge in [-0.15, -0.1) is 11.3 Å². The molecule has 120 valence electrons. The highest BCUT2D eigenvalue weighted by molar-refractivity contribution is 7.13. The van der Waals surface area contributed by atoms with Crippen LogP contribution in [0.5, 0.6) is 0 Å². The maximum Gasteiger partial charge on any atom is 0.282 e. The van der Waals surface area contributed by atoms with Gasteiger partial charge in [0.1, 0.15) is 10.6 Å². The van der Waals surface area contributed by atoms with Crippen LogP contribution in [0.2, 0.25) is 0 Å². The van der Waals surface area contributed by atoms with Crippen molar-refractivity contribution in [2.75, 3.05) is 0 Å². The number of benzene rings is 2. The molecule has 0 atom stereocenters. The van der Waals surface area contributed by atoms with E-state index in [0.717, 1.165) is 10.6 Å². The summed E-state index contributed by atoms with van der Waals surface area (Å²) in [5.74, 6) is -0.489. The number of hydrogen-bond acceptors (Lipinski definition) is 5. The van der Waals surface area contributed by atoms with Gasteiger partial charge in [0, 0.05) is 17.0 Å². The van der Waals surface area contributed by atoms with Crippen LogP contribution in [0.25, 0.3) is 10.6 Å². The van der Waals surface area contributed by atoms with Crippen LogP contribution in [-0.4, -0.2) is 15.8 Å². The van der Waals surface area contributed by atoms with Crippen molar-refractivity contribution in [3.8, 4) is 10.6 Å². The topological polar surface area (TPSA) is 85.1 Å². The number of amides is 1. The molecule has 0 aliphatic rings. The predicted molar refractivity (Wildman–Crippen MR) is 91.8 cm³/mol. The second kappa shape index (κ2) is 7.01. The van der Waals surface area contributed by atoms with Crippen molar-refractivity contribution in [1.82, 2.24) is 10.3 Å². The lowest BCUT2D eigenvalue weighted by Gasteiger charge is -2.04. The van der Waals surface area contributed by atoms with E-state index in [9.17, 15) is 14.9 Å². The number of nitro groups is 1. The highest BCUT2D eigenvalue weighted by atomic mass is 32.1. The number of nitrogens with zero attached hydrogens (tertiary/aromatic N) is 2. The Morgan fingerprint density at radius 1 is 1.12 bits per heavy atom. The summed E-state index contributed by atoms with van der Waals surface area (Å²) in [6.45, 7) is 0.216. The number of aromatic nitrogens is 1. The van der Waals surface area contributed by atoms with Crippen molar-refractivity contribution in [1.29, 1.82) is 0 Å². The minimum atomic E-state index is -0.564. The summed E-state index contributed by atoms with van der Waals surface area (Å²) in [6.07, 6.45) is 0. The summed E-state index contributed by atoms with van der Waals surface area (Å²) in [5.41, 5.74) is 1.56. The Hall–Kier alpha value is -3.06. The molecule has 0 spiro atoms. The Bertz CT molecular complexity index is 878. The molecule has 2 aromatic carbocycles. The normalized spacial score (nSPS) is 10.3. The lowest BCUT2D eigenvalue weighted by atomic mass is 10.1. The lowest BCUT2D eigenvalue weighted by molar-refractivity contribution is -0.385. The van der Waals surface area contributed by atoms with E-state index in [2.05, 4.69) is 10.3 Å². The standard InChI is InChI=1S/C17H13N3O3S/c21-16(14-8-4-5-9-15(14)20(22)23)18-10-13-11-24-17(19-13)12-6-2-1-3-7-12/h1-9,11H,10H2,(H,18,21). The molecule has 0 unspecified atom stereocenters. The van der Waals surface area contributed by atoms with E-state index in [1.807, 2.05) is 35.7 Å². The summed E-state index contributed by atoms with van der Waals surface area (Å²) < 4.78 is 0. The second-order valence-corrected chi connectivity index (χ2v) is 5.83. The van der Waals surface area contributed by atoms with Crippen LogP contribution in [0.3, 0.4) is 0 Å². The molecule has 1 aromatic heterocycles. The van der Waals surface area contributed by atoms with E-state index in [4.69, 9.17) is 0 Å². The number of hydrogen-bond donors (Lipinski definition) is 1. The van der Waals surface area contributed by atoms with Crippen LogP contribution >= 0.6 is 11.3 Å². The van der Waals surface area contributed by atoms with Crippen molar-refractivity contribution in [2.24, 2.45) is 0 Å². The molecule has 1 heterocycles. The molecular formula is C17H13N3O3S. The smallest absolute Gasteiger partial charge is 0.282 e. The molecule has 0 fully saturated rings. The maximum absolute atomic E-state index is 12.2. The monoisotopic (exact) mass is 339 g/mol. The first-order chi connectivity index (χ1) is 11.6. The van der Waals surface area contributed by atoms with Crippen LogP contribution in [0, 0.1) is 10.1 Å². The van der Waals surface area contributed by atoms with Crippen molar-refractivity contribution in [3.05, 3.63) is 81.3 Å². The number of para-hydroxylation sites is 1. The Morgan fingerprint density at radius 2 is 1.83 bits per heavy atom. The number of thiazole rings is 1. The van der Waals surface area contributed by atoms with E-state index in [1.165, 1.54) is 29.5 Å². The van der Waals surface area contributed by atoms with E-state index in [0.29, 0.717) is 5.69 Å². The molecule has 0 aliphatic carbocycles. The first-order valence-electron chi connectivity index (χ1n) is 7.16. The highest BCUT2D eigenvalue weighted by Gasteiger charge is 2.19. The molecule has 0 saturated carbocycles. The van der Waals surface area contributed by atoms with Crippen molar-refractivity contribution >= 4 is 22.9 Å². The van der Waals surface area contributed by atoms with Gasteiger partial charge in [0.15, 0.2) is 0 Å². The zero-order chi connectivity index (χ0) is 16.9. The van der Waals surface area contributed by atoms with Gasteiger partial charge in [-0.1, -0.05) is 42.5 Å². The molecule has 1 amide bonds. The molecule has 7 heteroatoms. The average Bonchev–Trinajstić information content (AvgIpc) is 3.09. The van der Waals surface area contributed by atoms with Gasteiger partial charge >= 0.3 is 0 Å². The Morgan fingerprint density at radius 3 is 2.58 bits per heavy atom. The summed E-state index contributed by atoms with van der Waals surface area (Å²) in [4.78, 5) is 27.1. The zero-order valence-corrected chi connectivity index (χ0v) is 13.3. The average molecular weight is 339 g/mol. The van der Waals surface area contributed by atoms with Gasteiger partial charge < -0.3 is 5.32 Å². The van der Waals surface area contributed by atoms with Gasteiger partial charge in [-0.25, -0.2) is 4.98 Å². The molecule has 24 heavy (non-hydrogen) atoms. The van der Waals surface area contributed by atoms with Crippen LogP contribution in [0.15, 0.2) is 60.0 Å². The van der Waals surface area contributed by atoms with Crippen LogP contribution in [0.1, 0.15) is 16.1 Å². The third kappa shape index (κ3) is 3.47. The molecule has 1 N–H and O–H groups in total. The SMILES string of the molecule is O=C(NCc1csc(-c2ccccc2)n1)c1ccccc1[N+](=O)[O-]. The molecule has 0 radical (unpaired) electrons. The molecule has 0 bridgehead atoms. The molecule has 3 aromatic rings. The Balaban J connectivity index is 1.70. The summed E-state index contributed by atoms with van der Waals surface area (Å²) in [6, 6.07) is 15.6. The number of nitrogens with one attached hydrogen (secondary N) is 1. The third-order valence-corrected chi connectivity index (χ3v) is 4.29. The van der Waals surface area contributed by atoms with Crippen LogP contribution in [-0.2, 0) is 6.54 Å². The van der Waals surface area contributed by atoms with Gasteiger partial charge in [0.25, 0.3) is 11.6 Å². The van der Waals surface area contributed by atoms with E-state index < -0.39 is 10.8 Å². The molecule has 0 saturated heterocycles. The number of carbonyl (C=O) groups excluding carboxylic acids is 1. The Kier molecular flexibility index (Phi) is 4.62. The van der Waals surface area contributed by atoms with Gasteiger partial charge in [0.05, 0.1) is 17.2 Å². The number of carbonyl (C=O) groups is 1. The fourth-order valence-electron chi connectivity index (χ4n) is 2.19. The quantitative estimate of drug-likeness (QED) is 0.568. The highest BCUT2D eigenvalue weighted by Crippen LogP contribution is 2.23. The summed E-state index contributed by atoms with van der Waals surface area (Å²) in [5, 5.41) is 16.4. The number of rotatable bonds is 5. The first kappa shape index (κ1) is 15.8. The molecule has 0 aliphatic heterocycles. The van der Waals surface area contributed by atoms with Gasteiger partial charge in [-0.2, -0.15) is 0 Å². The van der Waals surface area contributed by atoms with Crippen molar-refractivity contribution < 1.29 is 9.72 Å². The maximum atomic E-state index is 12.2. The van der Waals surface area contributed by atoms with Crippen molar-refractivity contribution in [2.45, 2.75) is 6.54 Å². The second-order valence-electron chi connectivity index (χ2n) is 4.97. The fourth-order valence-corrected chi connectivity index (χ4v) is 3.02. The zero-order valence-electron chi connectivity index (χ0n) is 12.5. The minimum Gasteiger partial charge on any atom is -0.346 e. The van der Waals surface area contributed by atoms with E-state index >= 15 is 0 Å². The predicted octanol–water partition coefficient (Wildman–Crippen LogP) is 3.65. The number of nitro benzene ring substituents is 1. The lowest BCUT2D eigenvalue weighted by Crippen LogP contribution is -2.23. The van der Waals surface area contributed by atoms with Gasteiger partial charge in [-0.3, -0.25) is 14.9 Å². The van der Waals surface area contributed by atoms with Crippen LogP contribution in [0.4, 0.5) is 5.69 Å². The molecule has 3 rings (SSSR count). The van der Waals surface area contributed by atoms with Gasteiger partial charge in [0.2, 0.25) is 0 Å². The largest absolute Gasteiger partial charge is 0.346 e. The summed E-state index contributed by atoms with van der Waals surface area (Å²) in [7, 11) is 0. The van der Waals surface area contributed by atoms with E-state index in [1.54, 1.807) is 6.07 Å². The first-order valence-corrected chi connectivity index (χ1v) is 8.04. The summed E-state index contributed by atoms with van der Waals surface area (Å²) >= 11 is 1.49. The third-order valence-electron chi connectivity index (χ3n) is 3.35. The van der Waals surface area contributed by atoms with Gasteiger partial charge in [-0.05, 0) is 6.07 Å². The van der Waals surface area contributed by atoms with Crippen molar-refractivity contribution in [3.63, 3.8) is 0 Å². The van der Waals surface area contributed by atoms with E-state index in [-0.39, 0.29) is 17.8 Å². The minimum absolute atomic E-state index is 0.0426. The molecule has 6 nitrogen and oxygen atoms in total. The Labute approximate surface area is 141 Å². The fraction of sp³-hybridized carbons (Fsp3) is 0.0588. The molecular weight excluding hydrogens is 326 g/mol.